The van der Waals surface area contributed by atoms with Gasteiger partial charge < -0.3 is 0 Å². The zero-order valence-electron chi connectivity index (χ0n) is 6.81. The van der Waals surface area contributed by atoms with E-state index in [1.165, 1.54) is 30.8 Å². The Kier molecular flexibility index (Phi) is 3.81. The van der Waals surface area contributed by atoms with E-state index in [9.17, 15) is 0 Å². The third-order valence-electron chi connectivity index (χ3n) is 2.50. The predicted octanol–water partition coefficient (Wildman–Crippen LogP) is 2.51. The molecule has 0 spiro atoms. The molecular formula is C9H18Si. The van der Waals surface area contributed by atoms with Crippen molar-refractivity contribution in [1.82, 2.24) is 0 Å². The Hall–Kier alpha value is -0.0431. The average molecular weight is 154 g/mol. The van der Waals surface area contributed by atoms with Gasteiger partial charge >= 0.3 is 0 Å². The molecule has 0 nitrogen and oxygen atoms in total. The van der Waals surface area contributed by atoms with E-state index in [0.717, 1.165) is 0 Å². The van der Waals surface area contributed by atoms with Crippen LogP contribution in [0.15, 0.2) is 12.7 Å². The molecule has 1 fully saturated rings. The largest absolute Gasteiger partial charge is 0.103 e. The molecular weight excluding hydrogens is 136 g/mol. The van der Waals surface area contributed by atoms with Crippen LogP contribution in [-0.2, 0) is 0 Å². The van der Waals surface area contributed by atoms with Gasteiger partial charge in [0.15, 0.2) is 0 Å². The number of hydrogen-bond acceptors (Lipinski definition) is 0. The van der Waals surface area contributed by atoms with Gasteiger partial charge in [-0.2, -0.15) is 0 Å². The molecule has 1 aliphatic rings. The van der Waals surface area contributed by atoms with Gasteiger partial charge in [-0.1, -0.05) is 43.7 Å². The maximum Gasteiger partial charge on any atom is 0.0272 e. The van der Waals surface area contributed by atoms with Gasteiger partial charge in [0.1, 0.15) is 0 Å². The second-order valence-electron chi connectivity index (χ2n) is 3.37. The summed E-state index contributed by atoms with van der Waals surface area (Å²) < 4.78 is 0. The van der Waals surface area contributed by atoms with Crippen molar-refractivity contribution >= 4 is 9.52 Å². The Balaban J connectivity index is 2.07. The molecule has 0 saturated heterocycles. The van der Waals surface area contributed by atoms with Crippen LogP contribution in [0.4, 0.5) is 0 Å². The van der Waals surface area contributed by atoms with Crippen molar-refractivity contribution in [3.63, 3.8) is 0 Å². The fourth-order valence-corrected chi connectivity index (χ4v) is 3.69. The Morgan fingerprint density at radius 2 is 2.00 bits per heavy atom. The predicted molar refractivity (Wildman–Crippen MR) is 50.4 cm³/mol. The highest BCUT2D eigenvalue weighted by Gasteiger charge is 2.11. The summed E-state index contributed by atoms with van der Waals surface area (Å²) in [6.45, 7) is 3.78. The van der Waals surface area contributed by atoms with Crippen LogP contribution in [0, 0.1) is 0 Å². The van der Waals surface area contributed by atoms with E-state index in [1.54, 1.807) is 12.8 Å². The first-order valence-electron chi connectivity index (χ1n) is 4.54. The van der Waals surface area contributed by atoms with Crippen LogP contribution >= 0.6 is 0 Å². The summed E-state index contributed by atoms with van der Waals surface area (Å²) >= 11 is 0. The van der Waals surface area contributed by atoms with E-state index in [0.29, 0.717) is 0 Å². The van der Waals surface area contributed by atoms with Crippen molar-refractivity contribution in [1.29, 1.82) is 0 Å². The maximum absolute atomic E-state index is 3.78. The summed E-state index contributed by atoms with van der Waals surface area (Å²) in [5.74, 6) is 0. The minimum Gasteiger partial charge on any atom is -0.103 e. The Bertz CT molecular complexity index is 92.9. The van der Waals surface area contributed by atoms with E-state index in [1.807, 2.05) is 0 Å². The highest BCUT2D eigenvalue weighted by Crippen LogP contribution is 2.28. The summed E-state index contributed by atoms with van der Waals surface area (Å²) in [6, 6.07) is 1.37. The van der Waals surface area contributed by atoms with Gasteiger partial charge in [-0.15, -0.1) is 6.58 Å². The molecule has 0 radical (unpaired) electrons. The van der Waals surface area contributed by atoms with Crippen LogP contribution in [0.2, 0.25) is 11.6 Å². The second kappa shape index (κ2) is 4.72. The van der Waals surface area contributed by atoms with Gasteiger partial charge in [0, 0.05) is 9.52 Å². The number of hydrogen-bond donors (Lipinski definition) is 0. The summed E-state index contributed by atoms with van der Waals surface area (Å²) in [6.07, 6.45) is 9.71. The summed E-state index contributed by atoms with van der Waals surface area (Å²) in [5, 5.41) is 0. The van der Waals surface area contributed by atoms with E-state index in [-0.39, 0.29) is 9.52 Å². The first-order valence-corrected chi connectivity index (χ1v) is 6.36. The number of rotatable bonds is 3. The molecule has 0 aromatic carbocycles. The fourth-order valence-electron chi connectivity index (χ4n) is 1.83. The summed E-state index contributed by atoms with van der Waals surface area (Å²) in [7, 11) is 0.247. The molecule has 0 aromatic heterocycles. The van der Waals surface area contributed by atoms with Gasteiger partial charge in [0.05, 0.1) is 0 Å². The normalized spacial score (nSPS) is 22.0. The Morgan fingerprint density at radius 1 is 1.30 bits per heavy atom. The lowest BCUT2D eigenvalue weighted by molar-refractivity contribution is 0.500. The molecule has 0 amide bonds. The molecule has 58 valence electrons. The average Bonchev–Trinajstić information content (AvgIpc) is 2.03. The molecule has 0 N–H and O–H groups in total. The standard InChI is InChI=1S/C9H18Si/c1-2-8-10-9-6-4-3-5-7-9/h2,9H,1,3-8,10H2. The van der Waals surface area contributed by atoms with Crippen LogP contribution in [0.5, 0.6) is 0 Å². The zero-order chi connectivity index (χ0) is 7.23. The lowest BCUT2D eigenvalue weighted by Crippen LogP contribution is -2.06. The van der Waals surface area contributed by atoms with Crippen LogP contribution in [0.1, 0.15) is 32.1 Å². The molecule has 1 saturated carbocycles. The number of allylic oxidation sites excluding steroid dienone is 1. The first-order chi connectivity index (χ1) is 4.93. The molecule has 0 aromatic rings. The van der Waals surface area contributed by atoms with E-state index >= 15 is 0 Å². The van der Waals surface area contributed by atoms with Crippen molar-refractivity contribution in [3.8, 4) is 0 Å². The van der Waals surface area contributed by atoms with E-state index < -0.39 is 0 Å². The summed E-state index contributed by atoms with van der Waals surface area (Å²) in [5.41, 5.74) is 1.17. The molecule has 0 heterocycles. The summed E-state index contributed by atoms with van der Waals surface area (Å²) in [4.78, 5) is 0. The lowest BCUT2D eigenvalue weighted by Gasteiger charge is -2.19. The topological polar surface area (TPSA) is 0 Å². The molecule has 0 aliphatic heterocycles. The molecule has 1 heteroatoms. The van der Waals surface area contributed by atoms with Gasteiger partial charge in [-0.05, 0) is 6.04 Å². The molecule has 10 heavy (non-hydrogen) atoms. The van der Waals surface area contributed by atoms with Gasteiger partial charge in [-0.25, -0.2) is 0 Å². The third kappa shape index (κ3) is 2.69. The van der Waals surface area contributed by atoms with Crippen molar-refractivity contribution in [3.05, 3.63) is 12.7 Å². The molecule has 1 aliphatic carbocycles. The smallest absolute Gasteiger partial charge is 0.0272 e. The van der Waals surface area contributed by atoms with Crippen molar-refractivity contribution in [2.24, 2.45) is 0 Å². The maximum atomic E-state index is 3.78. The third-order valence-corrected chi connectivity index (χ3v) is 4.88. The van der Waals surface area contributed by atoms with Crippen molar-refractivity contribution < 1.29 is 0 Å². The first kappa shape index (κ1) is 8.06. The van der Waals surface area contributed by atoms with Crippen LogP contribution in [0.3, 0.4) is 0 Å². The minimum atomic E-state index is 0.247. The Morgan fingerprint density at radius 3 is 2.60 bits per heavy atom. The van der Waals surface area contributed by atoms with Crippen LogP contribution in [-0.4, -0.2) is 9.52 Å². The second-order valence-corrected chi connectivity index (χ2v) is 5.68. The highest BCUT2D eigenvalue weighted by molar-refractivity contribution is 6.38. The van der Waals surface area contributed by atoms with Crippen molar-refractivity contribution in [2.45, 2.75) is 43.7 Å². The fraction of sp³-hybridized carbons (Fsp3) is 0.778. The minimum absolute atomic E-state index is 0.247. The quantitative estimate of drug-likeness (QED) is 0.433. The Labute approximate surface area is 66.5 Å². The molecule has 0 bridgehead atoms. The van der Waals surface area contributed by atoms with Gasteiger partial charge in [0.25, 0.3) is 0 Å². The highest BCUT2D eigenvalue weighted by atomic mass is 28.2. The van der Waals surface area contributed by atoms with Gasteiger partial charge in [0.2, 0.25) is 0 Å². The zero-order valence-corrected chi connectivity index (χ0v) is 8.23. The molecule has 0 unspecified atom stereocenters. The molecule has 0 atom stereocenters. The van der Waals surface area contributed by atoms with E-state index in [4.69, 9.17) is 0 Å². The van der Waals surface area contributed by atoms with Crippen LogP contribution < -0.4 is 0 Å². The SMILES string of the molecule is C=CC[SiH2]C1CCCCC1. The van der Waals surface area contributed by atoms with Crippen LogP contribution in [0.25, 0.3) is 0 Å². The van der Waals surface area contributed by atoms with Gasteiger partial charge in [-0.3, -0.25) is 0 Å². The molecule has 1 rings (SSSR count). The van der Waals surface area contributed by atoms with Crippen molar-refractivity contribution in [2.75, 3.05) is 0 Å². The lowest BCUT2D eigenvalue weighted by atomic mass is 10.0. The van der Waals surface area contributed by atoms with E-state index in [2.05, 4.69) is 12.7 Å². The monoisotopic (exact) mass is 154 g/mol.